The lowest BCUT2D eigenvalue weighted by Gasteiger charge is -2.32. The number of anilines is 3. The number of carbonyl (C=O) groups excluding carboxylic acids is 1. The molecule has 6 nitrogen and oxygen atoms in total. The maximum absolute atomic E-state index is 12.5. The Kier molecular flexibility index (Phi) is 5.23. The molecule has 4 rings (SSSR count). The third kappa shape index (κ3) is 4.21. The van der Waals surface area contributed by atoms with Gasteiger partial charge < -0.3 is 15.1 Å². The standard InChI is InChI=1S/C21H27N5O/c1-16-8-12-25(13-9-16)19-6-4-18(5-7-19)24-20(27)17-14-22-21(23-15-17)26-10-2-3-11-26/h4-7,14-16H,2-3,8-13H2,1H3,(H,24,27). The molecule has 0 aliphatic carbocycles. The number of hydrogen-bond acceptors (Lipinski definition) is 5. The first kappa shape index (κ1) is 17.8. The molecule has 1 amide bonds. The summed E-state index contributed by atoms with van der Waals surface area (Å²) in [7, 11) is 0. The van der Waals surface area contributed by atoms with Gasteiger partial charge in [-0.2, -0.15) is 0 Å². The summed E-state index contributed by atoms with van der Waals surface area (Å²) >= 11 is 0. The highest BCUT2D eigenvalue weighted by Crippen LogP contribution is 2.24. The van der Waals surface area contributed by atoms with E-state index in [0.29, 0.717) is 11.5 Å². The van der Waals surface area contributed by atoms with Crippen molar-refractivity contribution in [2.75, 3.05) is 41.3 Å². The van der Waals surface area contributed by atoms with Gasteiger partial charge in [-0.3, -0.25) is 4.79 Å². The summed E-state index contributed by atoms with van der Waals surface area (Å²) in [5.74, 6) is 1.35. The molecular weight excluding hydrogens is 338 g/mol. The van der Waals surface area contributed by atoms with Crippen LogP contribution < -0.4 is 15.1 Å². The zero-order valence-electron chi connectivity index (χ0n) is 15.9. The zero-order valence-corrected chi connectivity index (χ0v) is 15.9. The van der Waals surface area contributed by atoms with Crippen LogP contribution in [0.1, 0.15) is 43.0 Å². The van der Waals surface area contributed by atoms with Gasteiger partial charge in [-0.05, 0) is 55.9 Å². The molecule has 142 valence electrons. The van der Waals surface area contributed by atoms with Gasteiger partial charge >= 0.3 is 0 Å². The van der Waals surface area contributed by atoms with Crippen molar-refractivity contribution in [2.24, 2.45) is 5.92 Å². The third-order valence-electron chi connectivity index (χ3n) is 5.56. The Morgan fingerprint density at radius 3 is 2.22 bits per heavy atom. The molecule has 0 spiro atoms. The molecule has 0 bridgehead atoms. The molecule has 0 unspecified atom stereocenters. The number of hydrogen-bond donors (Lipinski definition) is 1. The summed E-state index contributed by atoms with van der Waals surface area (Å²) in [6, 6.07) is 8.09. The van der Waals surface area contributed by atoms with Crippen LogP contribution in [0.5, 0.6) is 0 Å². The summed E-state index contributed by atoms with van der Waals surface area (Å²) in [4.78, 5) is 25.7. The van der Waals surface area contributed by atoms with E-state index in [1.54, 1.807) is 12.4 Å². The molecule has 6 heteroatoms. The fraction of sp³-hybridized carbons (Fsp3) is 0.476. The van der Waals surface area contributed by atoms with Gasteiger partial charge in [-0.15, -0.1) is 0 Å². The molecule has 0 atom stereocenters. The number of piperidine rings is 1. The minimum absolute atomic E-state index is 0.178. The summed E-state index contributed by atoms with van der Waals surface area (Å²) in [5, 5.41) is 2.93. The normalized spacial score (nSPS) is 18.0. The van der Waals surface area contributed by atoms with Crippen LogP contribution in [0.2, 0.25) is 0 Å². The van der Waals surface area contributed by atoms with Gasteiger partial charge in [-0.25, -0.2) is 9.97 Å². The van der Waals surface area contributed by atoms with E-state index in [-0.39, 0.29) is 5.91 Å². The predicted molar refractivity (Wildman–Crippen MR) is 108 cm³/mol. The van der Waals surface area contributed by atoms with Gasteiger partial charge in [0.05, 0.1) is 5.56 Å². The molecule has 1 N–H and O–H groups in total. The van der Waals surface area contributed by atoms with Crippen molar-refractivity contribution in [1.82, 2.24) is 9.97 Å². The molecule has 0 radical (unpaired) electrons. The minimum Gasteiger partial charge on any atom is -0.372 e. The number of rotatable bonds is 4. The Morgan fingerprint density at radius 1 is 0.963 bits per heavy atom. The first-order valence-electron chi connectivity index (χ1n) is 9.92. The second-order valence-electron chi connectivity index (χ2n) is 7.64. The molecule has 2 saturated heterocycles. The van der Waals surface area contributed by atoms with Crippen LogP contribution in [0.4, 0.5) is 17.3 Å². The smallest absolute Gasteiger partial charge is 0.258 e. The molecular formula is C21H27N5O. The quantitative estimate of drug-likeness (QED) is 0.898. The fourth-order valence-corrected chi connectivity index (χ4v) is 3.74. The number of carbonyl (C=O) groups is 1. The lowest BCUT2D eigenvalue weighted by atomic mass is 9.99. The topological polar surface area (TPSA) is 61.4 Å². The molecule has 27 heavy (non-hydrogen) atoms. The van der Waals surface area contributed by atoms with Gasteiger partial charge in [-0.1, -0.05) is 6.92 Å². The van der Waals surface area contributed by atoms with E-state index in [4.69, 9.17) is 0 Å². The van der Waals surface area contributed by atoms with Crippen molar-refractivity contribution in [3.63, 3.8) is 0 Å². The Bertz CT molecular complexity index is 760. The average molecular weight is 365 g/mol. The van der Waals surface area contributed by atoms with Crippen LogP contribution in [-0.4, -0.2) is 42.1 Å². The van der Waals surface area contributed by atoms with Crippen LogP contribution in [0.15, 0.2) is 36.7 Å². The van der Waals surface area contributed by atoms with Crippen molar-refractivity contribution in [2.45, 2.75) is 32.6 Å². The summed E-state index contributed by atoms with van der Waals surface area (Å²) in [5.41, 5.74) is 2.49. The number of benzene rings is 1. The second kappa shape index (κ2) is 7.94. The summed E-state index contributed by atoms with van der Waals surface area (Å²) in [6.07, 6.45) is 8.06. The van der Waals surface area contributed by atoms with Crippen LogP contribution >= 0.6 is 0 Å². The molecule has 1 aromatic heterocycles. The highest BCUT2D eigenvalue weighted by molar-refractivity contribution is 6.03. The zero-order chi connectivity index (χ0) is 18.6. The summed E-state index contributed by atoms with van der Waals surface area (Å²) in [6.45, 7) is 6.51. The molecule has 1 aromatic carbocycles. The van der Waals surface area contributed by atoms with E-state index in [1.165, 1.54) is 31.4 Å². The van der Waals surface area contributed by atoms with Gasteiger partial charge in [0.2, 0.25) is 5.95 Å². The Morgan fingerprint density at radius 2 is 1.59 bits per heavy atom. The number of nitrogens with zero attached hydrogens (tertiary/aromatic N) is 4. The highest BCUT2D eigenvalue weighted by Gasteiger charge is 2.17. The lowest BCUT2D eigenvalue weighted by Crippen LogP contribution is -2.32. The molecule has 2 aromatic rings. The number of nitrogens with one attached hydrogen (secondary N) is 1. The predicted octanol–water partition coefficient (Wildman–Crippen LogP) is 3.57. The van der Waals surface area contributed by atoms with E-state index < -0.39 is 0 Å². The molecule has 2 aliphatic rings. The van der Waals surface area contributed by atoms with E-state index >= 15 is 0 Å². The van der Waals surface area contributed by atoms with Gasteiger partial charge in [0.15, 0.2) is 0 Å². The maximum atomic E-state index is 12.5. The fourth-order valence-electron chi connectivity index (χ4n) is 3.74. The Labute approximate surface area is 160 Å². The average Bonchev–Trinajstić information content (AvgIpc) is 3.24. The van der Waals surface area contributed by atoms with Crippen LogP contribution in [-0.2, 0) is 0 Å². The van der Waals surface area contributed by atoms with Gasteiger partial charge in [0.25, 0.3) is 5.91 Å². The van der Waals surface area contributed by atoms with Crippen molar-refractivity contribution in [3.8, 4) is 0 Å². The van der Waals surface area contributed by atoms with Crippen LogP contribution in [0, 0.1) is 5.92 Å². The van der Waals surface area contributed by atoms with Crippen molar-refractivity contribution < 1.29 is 4.79 Å². The number of amides is 1. The van der Waals surface area contributed by atoms with Gasteiger partial charge in [0.1, 0.15) is 0 Å². The lowest BCUT2D eigenvalue weighted by molar-refractivity contribution is 0.102. The molecule has 3 heterocycles. The largest absolute Gasteiger partial charge is 0.372 e. The SMILES string of the molecule is CC1CCN(c2ccc(NC(=O)c3cnc(N4CCCC4)nc3)cc2)CC1. The molecule has 0 saturated carbocycles. The highest BCUT2D eigenvalue weighted by atomic mass is 16.1. The van der Waals surface area contributed by atoms with Crippen molar-refractivity contribution in [1.29, 1.82) is 0 Å². The third-order valence-corrected chi connectivity index (χ3v) is 5.56. The van der Waals surface area contributed by atoms with Crippen molar-refractivity contribution in [3.05, 3.63) is 42.2 Å². The Balaban J connectivity index is 1.36. The van der Waals surface area contributed by atoms with E-state index in [2.05, 4.69) is 44.1 Å². The van der Waals surface area contributed by atoms with Gasteiger partial charge in [0, 0.05) is 49.9 Å². The first-order chi connectivity index (χ1) is 13.2. The van der Waals surface area contributed by atoms with E-state index in [0.717, 1.165) is 37.8 Å². The van der Waals surface area contributed by atoms with E-state index in [9.17, 15) is 4.79 Å². The summed E-state index contributed by atoms with van der Waals surface area (Å²) < 4.78 is 0. The van der Waals surface area contributed by atoms with Crippen LogP contribution in [0.3, 0.4) is 0 Å². The molecule has 2 aliphatic heterocycles. The first-order valence-corrected chi connectivity index (χ1v) is 9.92. The minimum atomic E-state index is -0.178. The second-order valence-corrected chi connectivity index (χ2v) is 7.64. The monoisotopic (exact) mass is 365 g/mol. The number of aromatic nitrogens is 2. The molecule has 2 fully saturated rings. The van der Waals surface area contributed by atoms with E-state index in [1.807, 2.05) is 12.1 Å². The maximum Gasteiger partial charge on any atom is 0.258 e. The van der Waals surface area contributed by atoms with Crippen LogP contribution in [0.25, 0.3) is 0 Å². The Hall–Kier alpha value is -2.63. The van der Waals surface area contributed by atoms with Crippen molar-refractivity contribution >= 4 is 23.2 Å².